The molecule has 4 aromatic rings. The quantitative estimate of drug-likeness (QED) is 0.528. The number of nitrogens with zero attached hydrogens (tertiary/aromatic N) is 3. The first-order chi connectivity index (χ1) is 13.1. The van der Waals surface area contributed by atoms with Gasteiger partial charge in [-0.15, -0.1) is 0 Å². The van der Waals surface area contributed by atoms with E-state index in [1.807, 2.05) is 30.3 Å². The van der Waals surface area contributed by atoms with Crippen molar-refractivity contribution in [3.63, 3.8) is 0 Å². The molecule has 4 rings (SSSR count). The van der Waals surface area contributed by atoms with Crippen molar-refractivity contribution >= 4 is 33.9 Å². The lowest BCUT2D eigenvalue weighted by molar-refractivity contribution is 0.590. The van der Waals surface area contributed by atoms with Gasteiger partial charge in [0.25, 0.3) is 0 Å². The van der Waals surface area contributed by atoms with Gasteiger partial charge in [0.2, 0.25) is 0 Å². The third kappa shape index (κ3) is 3.52. The summed E-state index contributed by atoms with van der Waals surface area (Å²) >= 11 is 0. The Morgan fingerprint density at radius 1 is 0.815 bits per heavy atom. The molecule has 134 valence electrons. The lowest BCUT2D eigenvalue weighted by Crippen LogP contribution is -2.04. The lowest BCUT2D eigenvalue weighted by Gasteiger charge is -2.12. The molecule has 0 aliphatic rings. The zero-order valence-corrected chi connectivity index (χ0v) is 14.4. The van der Waals surface area contributed by atoms with Crippen LogP contribution in [0.1, 0.15) is 5.82 Å². The van der Waals surface area contributed by atoms with E-state index in [0.717, 1.165) is 16.6 Å². The van der Waals surface area contributed by atoms with E-state index in [2.05, 4.69) is 25.6 Å². The van der Waals surface area contributed by atoms with E-state index in [1.54, 1.807) is 19.2 Å². The van der Waals surface area contributed by atoms with E-state index in [0.29, 0.717) is 11.6 Å². The molecule has 0 unspecified atom stereocenters. The van der Waals surface area contributed by atoms with Gasteiger partial charge in [-0.3, -0.25) is 4.98 Å². The van der Waals surface area contributed by atoms with Crippen LogP contribution in [-0.4, -0.2) is 15.0 Å². The number of pyridine rings is 1. The van der Waals surface area contributed by atoms with Gasteiger partial charge in [0.15, 0.2) is 0 Å². The van der Waals surface area contributed by atoms with Crippen LogP contribution >= 0.6 is 0 Å². The Bertz CT molecular complexity index is 1100. The highest BCUT2D eigenvalue weighted by Crippen LogP contribution is 2.27. The fourth-order valence-electron chi connectivity index (χ4n) is 2.78. The SMILES string of the molecule is Cc1nc(Nc2c(F)cccc2F)cc(Nc2cccc3cccnc23)n1. The summed E-state index contributed by atoms with van der Waals surface area (Å²) in [5, 5.41) is 6.88. The normalized spacial score (nSPS) is 10.8. The number of hydrogen-bond acceptors (Lipinski definition) is 5. The van der Waals surface area contributed by atoms with Crippen LogP contribution in [0.3, 0.4) is 0 Å². The third-order valence-electron chi connectivity index (χ3n) is 3.95. The molecule has 0 spiro atoms. The Hall–Kier alpha value is -3.61. The molecule has 0 bridgehead atoms. The van der Waals surface area contributed by atoms with Crippen molar-refractivity contribution in [2.24, 2.45) is 0 Å². The summed E-state index contributed by atoms with van der Waals surface area (Å²) in [4.78, 5) is 12.9. The Morgan fingerprint density at radius 3 is 2.26 bits per heavy atom. The summed E-state index contributed by atoms with van der Waals surface area (Å²) in [5.74, 6) is -0.174. The van der Waals surface area contributed by atoms with Gasteiger partial charge >= 0.3 is 0 Å². The van der Waals surface area contributed by atoms with Crippen molar-refractivity contribution in [3.05, 3.63) is 78.3 Å². The predicted octanol–water partition coefficient (Wildman–Crippen LogP) is 5.10. The molecule has 5 nitrogen and oxygen atoms in total. The zero-order chi connectivity index (χ0) is 18.8. The van der Waals surface area contributed by atoms with Gasteiger partial charge in [0.05, 0.1) is 11.2 Å². The van der Waals surface area contributed by atoms with Crippen molar-refractivity contribution in [1.82, 2.24) is 15.0 Å². The van der Waals surface area contributed by atoms with E-state index in [9.17, 15) is 8.78 Å². The summed E-state index contributed by atoms with van der Waals surface area (Å²) in [7, 11) is 0. The molecule has 0 amide bonds. The highest BCUT2D eigenvalue weighted by atomic mass is 19.1. The molecule has 0 radical (unpaired) electrons. The van der Waals surface area contributed by atoms with Crippen LogP contribution in [0.5, 0.6) is 0 Å². The van der Waals surface area contributed by atoms with Crippen LogP contribution in [0.2, 0.25) is 0 Å². The maximum atomic E-state index is 13.9. The number of hydrogen-bond donors (Lipinski definition) is 2. The lowest BCUT2D eigenvalue weighted by atomic mass is 10.2. The van der Waals surface area contributed by atoms with Crippen LogP contribution in [0.4, 0.5) is 31.8 Å². The van der Waals surface area contributed by atoms with Gasteiger partial charge in [0, 0.05) is 17.6 Å². The van der Waals surface area contributed by atoms with Gasteiger partial charge in [0.1, 0.15) is 34.8 Å². The molecule has 0 aliphatic heterocycles. The monoisotopic (exact) mass is 363 g/mol. The molecule has 27 heavy (non-hydrogen) atoms. The maximum absolute atomic E-state index is 13.9. The third-order valence-corrected chi connectivity index (χ3v) is 3.95. The Kier molecular flexibility index (Phi) is 4.33. The molecule has 0 saturated heterocycles. The standard InChI is InChI=1S/C20H15F2N5/c1-12-24-17(26-16-9-2-5-13-6-4-10-23-19(13)16)11-18(25-12)27-20-14(21)7-3-8-15(20)22/h2-11H,1H3,(H2,24,25,26,27). The molecule has 0 atom stereocenters. The number of aromatic nitrogens is 3. The molecule has 2 aromatic carbocycles. The minimum Gasteiger partial charge on any atom is -0.338 e. The Labute approximate surface area is 154 Å². The van der Waals surface area contributed by atoms with Gasteiger partial charge in [-0.25, -0.2) is 18.7 Å². The Morgan fingerprint density at radius 2 is 1.48 bits per heavy atom. The molecule has 2 aromatic heterocycles. The summed E-state index contributed by atoms with van der Waals surface area (Å²) in [5.41, 5.74) is 1.31. The van der Waals surface area contributed by atoms with Crippen molar-refractivity contribution in [2.75, 3.05) is 10.6 Å². The van der Waals surface area contributed by atoms with Crippen LogP contribution in [-0.2, 0) is 0 Å². The van der Waals surface area contributed by atoms with Gasteiger partial charge in [-0.1, -0.05) is 24.3 Å². The van der Waals surface area contributed by atoms with E-state index >= 15 is 0 Å². The van der Waals surface area contributed by atoms with Gasteiger partial charge in [-0.2, -0.15) is 0 Å². The summed E-state index contributed by atoms with van der Waals surface area (Å²) in [6.45, 7) is 1.70. The number of para-hydroxylation sites is 2. The summed E-state index contributed by atoms with van der Waals surface area (Å²) < 4.78 is 27.8. The molecular formula is C20H15F2N5. The first-order valence-electron chi connectivity index (χ1n) is 8.27. The van der Waals surface area contributed by atoms with Crippen LogP contribution < -0.4 is 10.6 Å². The van der Waals surface area contributed by atoms with Crippen LogP contribution in [0.15, 0.2) is 60.8 Å². The topological polar surface area (TPSA) is 62.7 Å². The molecular weight excluding hydrogens is 348 g/mol. The smallest absolute Gasteiger partial charge is 0.149 e. The van der Waals surface area contributed by atoms with Crippen LogP contribution in [0, 0.1) is 18.6 Å². The zero-order valence-electron chi connectivity index (χ0n) is 14.4. The largest absolute Gasteiger partial charge is 0.338 e. The highest BCUT2D eigenvalue weighted by molar-refractivity contribution is 5.91. The number of rotatable bonds is 4. The predicted molar refractivity (Wildman–Crippen MR) is 101 cm³/mol. The summed E-state index contributed by atoms with van der Waals surface area (Å²) in [6, 6.07) is 14.8. The van der Waals surface area contributed by atoms with E-state index in [-0.39, 0.29) is 11.5 Å². The highest BCUT2D eigenvalue weighted by Gasteiger charge is 2.11. The molecule has 2 heterocycles. The minimum absolute atomic E-state index is 0.256. The fourth-order valence-corrected chi connectivity index (χ4v) is 2.78. The Balaban J connectivity index is 1.68. The maximum Gasteiger partial charge on any atom is 0.149 e. The minimum atomic E-state index is -0.695. The second-order valence-electron chi connectivity index (χ2n) is 5.91. The number of aryl methyl sites for hydroxylation is 1. The molecule has 0 saturated carbocycles. The number of nitrogens with one attached hydrogen (secondary N) is 2. The number of benzene rings is 2. The van der Waals surface area contributed by atoms with Crippen molar-refractivity contribution in [2.45, 2.75) is 6.92 Å². The number of halogens is 2. The van der Waals surface area contributed by atoms with Crippen molar-refractivity contribution < 1.29 is 8.78 Å². The van der Waals surface area contributed by atoms with Gasteiger partial charge in [-0.05, 0) is 31.2 Å². The molecule has 7 heteroatoms. The number of anilines is 4. The average molecular weight is 363 g/mol. The second kappa shape index (κ2) is 6.95. The first-order valence-corrected chi connectivity index (χ1v) is 8.27. The molecule has 0 aliphatic carbocycles. The van der Waals surface area contributed by atoms with E-state index in [1.165, 1.54) is 18.2 Å². The van der Waals surface area contributed by atoms with E-state index in [4.69, 9.17) is 0 Å². The first kappa shape index (κ1) is 16.8. The summed E-state index contributed by atoms with van der Waals surface area (Å²) in [6.07, 6.45) is 1.71. The fraction of sp³-hybridized carbons (Fsp3) is 0.0500. The van der Waals surface area contributed by atoms with E-state index < -0.39 is 11.6 Å². The van der Waals surface area contributed by atoms with Crippen molar-refractivity contribution in [3.8, 4) is 0 Å². The van der Waals surface area contributed by atoms with Crippen molar-refractivity contribution in [1.29, 1.82) is 0 Å². The molecule has 2 N–H and O–H groups in total. The average Bonchev–Trinajstić information content (AvgIpc) is 2.65. The molecule has 0 fully saturated rings. The van der Waals surface area contributed by atoms with Gasteiger partial charge < -0.3 is 10.6 Å². The second-order valence-corrected chi connectivity index (χ2v) is 5.91. The van der Waals surface area contributed by atoms with Crippen LogP contribution in [0.25, 0.3) is 10.9 Å². The number of fused-ring (bicyclic) bond motifs is 1.